The van der Waals surface area contributed by atoms with E-state index >= 15 is 0 Å². The Labute approximate surface area is 201 Å². The van der Waals surface area contributed by atoms with Crippen LogP contribution in [0.3, 0.4) is 0 Å². The molecule has 1 fully saturated rings. The highest BCUT2D eigenvalue weighted by Crippen LogP contribution is 2.22. The molecule has 2 atom stereocenters. The van der Waals surface area contributed by atoms with Crippen molar-refractivity contribution in [2.24, 2.45) is 0 Å². The van der Waals surface area contributed by atoms with Gasteiger partial charge in [-0.25, -0.2) is 9.48 Å². The van der Waals surface area contributed by atoms with Crippen LogP contribution >= 0.6 is 0 Å². The van der Waals surface area contributed by atoms with Gasteiger partial charge >= 0.3 is 11.9 Å². The Balaban J connectivity index is 1.67. The van der Waals surface area contributed by atoms with E-state index in [1.807, 2.05) is 18.7 Å². The summed E-state index contributed by atoms with van der Waals surface area (Å²) in [6.07, 6.45) is 4.04. The second-order valence-corrected chi connectivity index (χ2v) is 8.82. The Morgan fingerprint density at radius 2 is 1.85 bits per heavy atom. The number of ether oxygens (including phenoxy) is 2. The molecule has 1 saturated heterocycles. The van der Waals surface area contributed by atoms with Gasteiger partial charge in [0.2, 0.25) is 0 Å². The monoisotopic (exact) mass is 469 g/mol. The first kappa shape index (κ1) is 25.5. The van der Waals surface area contributed by atoms with Gasteiger partial charge < -0.3 is 14.4 Å². The van der Waals surface area contributed by atoms with E-state index < -0.39 is 12.1 Å². The predicted molar refractivity (Wildman–Crippen MR) is 128 cm³/mol. The number of carbonyl (C=O) groups is 3. The first-order valence-corrected chi connectivity index (χ1v) is 12.0. The molecule has 34 heavy (non-hydrogen) atoms. The number of rotatable bonds is 8. The number of hydrogen-bond donors (Lipinski definition) is 0. The summed E-state index contributed by atoms with van der Waals surface area (Å²) in [6, 6.07) is 7.17. The minimum absolute atomic E-state index is 0.126. The van der Waals surface area contributed by atoms with E-state index in [2.05, 4.69) is 12.0 Å². The molecular formula is C26H35N3O5. The minimum Gasteiger partial charge on any atom is -0.469 e. The highest BCUT2D eigenvalue weighted by atomic mass is 16.5. The molecular weight excluding hydrogens is 434 g/mol. The molecule has 1 aromatic heterocycles. The first-order valence-electron chi connectivity index (χ1n) is 12.0. The van der Waals surface area contributed by atoms with Gasteiger partial charge in [-0.1, -0.05) is 6.92 Å². The van der Waals surface area contributed by atoms with Crippen molar-refractivity contribution in [1.82, 2.24) is 14.7 Å². The summed E-state index contributed by atoms with van der Waals surface area (Å²) >= 11 is 0. The fourth-order valence-corrected chi connectivity index (χ4v) is 4.58. The fraction of sp³-hybridized carbons (Fsp3) is 0.538. The van der Waals surface area contributed by atoms with Gasteiger partial charge in [-0.05, 0) is 82.7 Å². The smallest absolute Gasteiger partial charge is 0.338 e. The zero-order valence-electron chi connectivity index (χ0n) is 20.8. The fourth-order valence-electron chi connectivity index (χ4n) is 4.58. The molecule has 1 aliphatic rings. The van der Waals surface area contributed by atoms with Crippen LogP contribution in [0.15, 0.2) is 24.3 Å². The van der Waals surface area contributed by atoms with E-state index in [4.69, 9.17) is 9.47 Å². The van der Waals surface area contributed by atoms with E-state index in [0.717, 1.165) is 54.9 Å². The van der Waals surface area contributed by atoms with Crippen LogP contribution in [0.4, 0.5) is 0 Å². The SMILES string of the molecule is CCC1CCCCN1C(=O)C(C)OC(=O)c1ccc(-n2nc(C)c(CCC(=O)OC)c2C)cc1. The van der Waals surface area contributed by atoms with Gasteiger partial charge in [0.15, 0.2) is 6.10 Å². The number of esters is 2. The Hall–Kier alpha value is -3.16. The van der Waals surface area contributed by atoms with Crippen molar-refractivity contribution < 1.29 is 23.9 Å². The molecule has 1 aliphatic heterocycles. The molecule has 0 bridgehead atoms. The van der Waals surface area contributed by atoms with Crippen LogP contribution in [0.5, 0.6) is 0 Å². The number of carbonyl (C=O) groups excluding carboxylic acids is 3. The van der Waals surface area contributed by atoms with E-state index in [9.17, 15) is 14.4 Å². The summed E-state index contributed by atoms with van der Waals surface area (Å²) in [4.78, 5) is 38.9. The van der Waals surface area contributed by atoms with E-state index in [1.54, 1.807) is 35.9 Å². The molecule has 3 rings (SSSR count). The molecule has 1 amide bonds. The first-order chi connectivity index (χ1) is 16.3. The number of amides is 1. The van der Waals surface area contributed by atoms with Crippen LogP contribution in [0.1, 0.15) is 73.3 Å². The molecule has 2 aromatic rings. The number of benzene rings is 1. The van der Waals surface area contributed by atoms with Crippen LogP contribution in [-0.2, 0) is 25.5 Å². The van der Waals surface area contributed by atoms with Crippen LogP contribution < -0.4 is 0 Å². The quantitative estimate of drug-likeness (QED) is 0.544. The third-order valence-electron chi connectivity index (χ3n) is 6.61. The van der Waals surface area contributed by atoms with Crippen molar-refractivity contribution in [1.29, 1.82) is 0 Å². The lowest BCUT2D eigenvalue weighted by atomic mass is 9.99. The van der Waals surface area contributed by atoms with Crippen LogP contribution in [0.2, 0.25) is 0 Å². The van der Waals surface area contributed by atoms with Crippen molar-refractivity contribution in [3.8, 4) is 5.69 Å². The third-order valence-corrected chi connectivity index (χ3v) is 6.61. The summed E-state index contributed by atoms with van der Waals surface area (Å²) < 4.78 is 12.0. The molecule has 0 saturated carbocycles. The molecule has 2 heterocycles. The Morgan fingerprint density at radius 1 is 1.15 bits per heavy atom. The summed E-state index contributed by atoms with van der Waals surface area (Å²) in [5, 5.41) is 4.60. The Bertz CT molecular complexity index is 1030. The largest absolute Gasteiger partial charge is 0.469 e. The zero-order chi connectivity index (χ0) is 24.8. The van der Waals surface area contributed by atoms with Crippen LogP contribution in [-0.4, -0.2) is 58.3 Å². The van der Waals surface area contributed by atoms with Crippen molar-refractivity contribution in [3.63, 3.8) is 0 Å². The van der Waals surface area contributed by atoms with Crippen molar-refractivity contribution in [2.75, 3.05) is 13.7 Å². The number of methoxy groups -OCH3 is 1. The molecule has 2 unspecified atom stereocenters. The minimum atomic E-state index is -0.826. The van der Waals surface area contributed by atoms with Gasteiger partial charge in [0.25, 0.3) is 5.91 Å². The van der Waals surface area contributed by atoms with Gasteiger partial charge in [-0.3, -0.25) is 9.59 Å². The van der Waals surface area contributed by atoms with Crippen LogP contribution in [0, 0.1) is 13.8 Å². The van der Waals surface area contributed by atoms with Crippen molar-refractivity contribution in [3.05, 3.63) is 46.8 Å². The summed E-state index contributed by atoms with van der Waals surface area (Å²) in [5.74, 6) is -0.907. The molecule has 0 spiro atoms. The number of piperidine rings is 1. The van der Waals surface area contributed by atoms with Gasteiger partial charge in [0.05, 0.1) is 24.1 Å². The molecule has 184 valence electrons. The maximum absolute atomic E-state index is 12.9. The lowest BCUT2D eigenvalue weighted by Crippen LogP contribution is -2.48. The standard InChI is InChI=1S/C26H35N3O5/c1-6-21-9-7-8-16-28(21)25(31)19(4)34-26(32)20-10-12-22(13-11-20)29-18(3)23(17(2)27-29)14-15-24(30)33-5/h10-13,19,21H,6-9,14-16H2,1-5H3. The summed E-state index contributed by atoms with van der Waals surface area (Å²) in [6.45, 7) is 8.30. The van der Waals surface area contributed by atoms with Gasteiger partial charge in [0, 0.05) is 24.7 Å². The lowest BCUT2D eigenvalue weighted by molar-refractivity contribution is -0.143. The Morgan fingerprint density at radius 3 is 2.50 bits per heavy atom. The molecule has 8 heteroatoms. The number of likely N-dealkylation sites (tertiary alicyclic amines) is 1. The molecule has 0 radical (unpaired) electrons. The maximum atomic E-state index is 12.9. The summed E-state index contributed by atoms with van der Waals surface area (Å²) in [7, 11) is 1.38. The number of hydrogen-bond acceptors (Lipinski definition) is 6. The zero-order valence-corrected chi connectivity index (χ0v) is 20.8. The second kappa shape index (κ2) is 11.3. The second-order valence-electron chi connectivity index (χ2n) is 8.82. The molecule has 8 nitrogen and oxygen atoms in total. The van der Waals surface area contributed by atoms with Crippen molar-refractivity contribution >= 4 is 17.8 Å². The average molecular weight is 470 g/mol. The average Bonchev–Trinajstić information content (AvgIpc) is 3.14. The Kier molecular flexibility index (Phi) is 8.47. The van der Waals surface area contributed by atoms with Gasteiger partial charge in [-0.15, -0.1) is 0 Å². The van der Waals surface area contributed by atoms with Crippen molar-refractivity contribution in [2.45, 2.75) is 78.4 Å². The van der Waals surface area contributed by atoms with Gasteiger partial charge in [-0.2, -0.15) is 5.10 Å². The molecule has 0 N–H and O–H groups in total. The number of aryl methyl sites for hydroxylation is 1. The topological polar surface area (TPSA) is 90.7 Å². The normalized spacial score (nSPS) is 16.7. The number of nitrogens with zero attached hydrogens (tertiary/aromatic N) is 3. The van der Waals surface area contributed by atoms with Gasteiger partial charge in [0.1, 0.15) is 0 Å². The summed E-state index contributed by atoms with van der Waals surface area (Å²) in [5.41, 5.74) is 3.96. The van der Waals surface area contributed by atoms with E-state index in [-0.39, 0.29) is 17.9 Å². The highest BCUT2D eigenvalue weighted by Gasteiger charge is 2.30. The lowest BCUT2D eigenvalue weighted by Gasteiger charge is -2.36. The maximum Gasteiger partial charge on any atom is 0.338 e. The number of aromatic nitrogens is 2. The highest BCUT2D eigenvalue weighted by molar-refractivity contribution is 5.92. The molecule has 1 aromatic carbocycles. The van der Waals surface area contributed by atoms with E-state index in [0.29, 0.717) is 18.4 Å². The van der Waals surface area contributed by atoms with E-state index in [1.165, 1.54) is 7.11 Å². The molecule has 0 aliphatic carbocycles. The predicted octanol–water partition coefficient (Wildman–Crippen LogP) is 3.93. The van der Waals surface area contributed by atoms with Crippen LogP contribution in [0.25, 0.3) is 5.69 Å². The third kappa shape index (κ3) is 5.66.